The van der Waals surface area contributed by atoms with Gasteiger partial charge in [-0.2, -0.15) is 0 Å². The Morgan fingerprint density at radius 3 is 1.84 bits per heavy atom. The first kappa shape index (κ1) is 13.2. The highest BCUT2D eigenvalue weighted by Gasteiger charge is 2.48. The van der Waals surface area contributed by atoms with Crippen molar-refractivity contribution in [2.75, 3.05) is 7.05 Å². The Morgan fingerprint density at radius 2 is 1.42 bits per heavy atom. The van der Waals surface area contributed by atoms with E-state index in [1.165, 1.54) is 44.1 Å². The minimum atomic E-state index is 0.472. The summed E-state index contributed by atoms with van der Waals surface area (Å²) in [5.41, 5.74) is 4.03. The van der Waals surface area contributed by atoms with Crippen LogP contribution >= 0.6 is 0 Å². The molecule has 1 heteroatoms. The van der Waals surface area contributed by atoms with Crippen molar-refractivity contribution in [1.82, 2.24) is 5.32 Å². The first-order valence-electron chi connectivity index (χ1n) is 7.89. The van der Waals surface area contributed by atoms with Crippen molar-refractivity contribution >= 4 is 0 Å². The van der Waals surface area contributed by atoms with Gasteiger partial charge >= 0.3 is 0 Å². The van der Waals surface area contributed by atoms with Crippen LogP contribution in [0.25, 0.3) is 0 Å². The molecule has 0 saturated heterocycles. The lowest BCUT2D eigenvalue weighted by molar-refractivity contribution is 0.0835. The van der Waals surface area contributed by atoms with E-state index in [1.807, 2.05) is 0 Å². The second-order valence-corrected chi connectivity index (χ2v) is 7.09. The maximum Gasteiger partial charge on any atom is 0.0179 e. The van der Waals surface area contributed by atoms with Gasteiger partial charge in [0.05, 0.1) is 0 Å². The topological polar surface area (TPSA) is 12.0 Å². The van der Waals surface area contributed by atoms with Crippen LogP contribution in [0.2, 0.25) is 0 Å². The Hall–Kier alpha value is -0.820. The Morgan fingerprint density at radius 1 is 0.895 bits per heavy atom. The van der Waals surface area contributed by atoms with Gasteiger partial charge in [-0.25, -0.2) is 0 Å². The molecule has 0 aliphatic heterocycles. The van der Waals surface area contributed by atoms with Crippen LogP contribution in [0.5, 0.6) is 0 Å². The van der Waals surface area contributed by atoms with E-state index >= 15 is 0 Å². The molecule has 0 radical (unpaired) electrons. The summed E-state index contributed by atoms with van der Waals surface area (Å²) >= 11 is 0. The molecular formula is C18H27N. The van der Waals surface area contributed by atoms with Crippen LogP contribution < -0.4 is 5.32 Å². The lowest BCUT2D eigenvalue weighted by Gasteiger charge is -2.54. The van der Waals surface area contributed by atoms with Gasteiger partial charge in [-0.1, -0.05) is 38.1 Å². The smallest absolute Gasteiger partial charge is 0.0179 e. The molecule has 4 rings (SSSR count). The minimum Gasteiger partial charge on any atom is -0.314 e. The van der Waals surface area contributed by atoms with Crippen molar-refractivity contribution < 1.29 is 0 Å². The van der Waals surface area contributed by atoms with E-state index in [2.05, 4.69) is 50.5 Å². The number of nitrogens with one attached hydrogen (secondary N) is 1. The van der Waals surface area contributed by atoms with Gasteiger partial charge in [0, 0.05) is 5.54 Å². The monoisotopic (exact) mass is 257 g/mol. The van der Waals surface area contributed by atoms with Crippen molar-refractivity contribution in [1.29, 1.82) is 0 Å². The number of rotatable bonds is 3. The fraction of sp³-hybridized carbons (Fsp3) is 0.667. The van der Waals surface area contributed by atoms with Crippen LogP contribution in [0.1, 0.15) is 69.4 Å². The van der Waals surface area contributed by atoms with E-state index < -0.39 is 0 Å². The van der Waals surface area contributed by atoms with E-state index in [-0.39, 0.29) is 0 Å². The molecule has 2 bridgehead atoms. The van der Waals surface area contributed by atoms with Crippen LogP contribution in [0.4, 0.5) is 0 Å². The number of hydrogen-bond donors (Lipinski definition) is 1. The molecule has 1 N–H and O–H groups in total. The lowest BCUT2D eigenvalue weighted by atomic mass is 9.55. The van der Waals surface area contributed by atoms with Crippen molar-refractivity contribution in [3.05, 3.63) is 35.4 Å². The average molecular weight is 257 g/mol. The first-order valence-corrected chi connectivity index (χ1v) is 7.89. The molecule has 0 spiro atoms. The molecule has 3 aliphatic rings. The molecule has 0 heterocycles. The molecule has 1 aromatic rings. The molecule has 19 heavy (non-hydrogen) atoms. The summed E-state index contributed by atoms with van der Waals surface area (Å²) in [6.07, 6.45) is 8.18. The summed E-state index contributed by atoms with van der Waals surface area (Å²) in [5.74, 6) is 0.640. The summed E-state index contributed by atoms with van der Waals surface area (Å²) in [6.45, 7) is 4.55. The summed E-state index contributed by atoms with van der Waals surface area (Å²) in [7, 11) is 2.15. The van der Waals surface area contributed by atoms with Gasteiger partial charge in [0.1, 0.15) is 0 Å². The summed E-state index contributed by atoms with van der Waals surface area (Å²) < 4.78 is 0. The predicted molar refractivity (Wildman–Crippen MR) is 81.7 cm³/mol. The highest BCUT2D eigenvalue weighted by atomic mass is 15.0. The highest BCUT2D eigenvalue weighted by molar-refractivity contribution is 5.33. The Labute approximate surface area is 117 Å². The molecule has 104 valence electrons. The zero-order valence-corrected chi connectivity index (χ0v) is 12.6. The van der Waals surface area contributed by atoms with Crippen molar-refractivity contribution in [3.8, 4) is 0 Å². The maximum atomic E-state index is 3.60. The Balaban J connectivity index is 1.83. The van der Waals surface area contributed by atoms with E-state index in [0.717, 1.165) is 0 Å². The van der Waals surface area contributed by atoms with E-state index in [1.54, 1.807) is 5.56 Å². The highest BCUT2D eigenvalue weighted by Crippen LogP contribution is 2.53. The minimum absolute atomic E-state index is 0.472. The van der Waals surface area contributed by atoms with Gasteiger partial charge in [-0.05, 0) is 68.0 Å². The van der Waals surface area contributed by atoms with Gasteiger partial charge in [0.15, 0.2) is 0 Å². The molecule has 0 aromatic heterocycles. The molecule has 3 aliphatic carbocycles. The third kappa shape index (κ3) is 2.12. The first-order chi connectivity index (χ1) is 9.09. The largest absolute Gasteiger partial charge is 0.314 e. The van der Waals surface area contributed by atoms with Crippen LogP contribution in [0.3, 0.4) is 0 Å². The third-order valence-electron chi connectivity index (χ3n) is 5.97. The molecular weight excluding hydrogens is 230 g/mol. The second-order valence-electron chi connectivity index (χ2n) is 7.09. The molecule has 3 saturated carbocycles. The zero-order valence-electron chi connectivity index (χ0n) is 12.6. The molecule has 0 atom stereocenters. The van der Waals surface area contributed by atoms with Gasteiger partial charge in [0.2, 0.25) is 0 Å². The normalized spacial score (nSPS) is 33.9. The second kappa shape index (κ2) is 4.63. The number of fused-ring (bicyclic) bond motifs is 3. The molecule has 0 unspecified atom stereocenters. The quantitative estimate of drug-likeness (QED) is 0.847. The molecule has 3 fully saturated rings. The lowest BCUT2D eigenvalue weighted by Crippen LogP contribution is -2.54. The molecule has 1 nitrogen and oxygen atoms in total. The summed E-state index contributed by atoms with van der Waals surface area (Å²) in [4.78, 5) is 0. The Kier molecular flexibility index (Phi) is 3.21. The van der Waals surface area contributed by atoms with E-state index in [0.29, 0.717) is 16.9 Å². The van der Waals surface area contributed by atoms with Crippen molar-refractivity contribution in [2.24, 2.45) is 0 Å². The van der Waals surface area contributed by atoms with Gasteiger partial charge < -0.3 is 5.32 Å². The fourth-order valence-electron chi connectivity index (χ4n) is 4.22. The third-order valence-corrected chi connectivity index (χ3v) is 5.97. The van der Waals surface area contributed by atoms with Gasteiger partial charge in [0.25, 0.3) is 0 Å². The van der Waals surface area contributed by atoms with Crippen molar-refractivity contribution in [3.63, 3.8) is 0 Å². The fourth-order valence-corrected chi connectivity index (χ4v) is 4.22. The summed E-state index contributed by atoms with van der Waals surface area (Å²) in [5, 5.41) is 3.60. The number of benzene rings is 1. The van der Waals surface area contributed by atoms with Crippen LogP contribution in [-0.4, -0.2) is 12.6 Å². The summed E-state index contributed by atoms with van der Waals surface area (Å²) in [6, 6.07) is 9.52. The average Bonchev–Trinajstić information content (AvgIpc) is 2.49. The SMILES string of the molecule is CNC12CCC(c3ccc(C(C)C)cc3)(CC1)CC2. The van der Waals surface area contributed by atoms with Crippen LogP contribution in [0, 0.1) is 0 Å². The molecule has 1 aromatic carbocycles. The number of hydrogen-bond acceptors (Lipinski definition) is 1. The van der Waals surface area contributed by atoms with Crippen LogP contribution in [-0.2, 0) is 5.41 Å². The maximum absolute atomic E-state index is 3.60. The van der Waals surface area contributed by atoms with Gasteiger partial charge in [-0.15, -0.1) is 0 Å². The van der Waals surface area contributed by atoms with Gasteiger partial charge in [-0.3, -0.25) is 0 Å². The van der Waals surface area contributed by atoms with Crippen molar-refractivity contribution in [2.45, 2.75) is 69.2 Å². The molecule has 0 amide bonds. The standard InChI is InChI=1S/C18H27N/c1-14(2)15-4-6-16(7-5-15)17-8-11-18(19-3,12-9-17)13-10-17/h4-7,14,19H,8-13H2,1-3H3. The van der Waals surface area contributed by atoms with E-state index in [9.17, 15) is 0 Å². The Bertz CT molecular complexity index is 419. The van der Waals surface area contributed by atoms with E-state index in [4.69, 9.17) is 0 Å². The predicted octanol–water partition coefficient (Wildman–Crippen LogP) is 4.37. The van der Waals surface area contributed by atoms with Crippen LogP contribution in [0.15, 0.2) is 24.3 Å². The zero-order chi connectivity index (χ0) is 13.5.